The van der Waals surface area contributed by atoms with Crippen molar-refractivity contribution >= 4 is 81.0 Å². The second-order valence-electron chi connectivity index (χ2n) is 10.8. The van der Waals surface area contributed by atoms with Crippen molar-refractivity contribution in [3.8, 4) is 17.2 Å². The molecule has 0 atom stereocenters. The minimum Gasteiger partial charge on any atom is -0.278 e. The molecule has 3 nitrogen and oxygen atoms in total. The first kappa shape index (κ1) is 23.6. The van der Waals surface area contributed by atoms with Gasteiger partial charge in [0, 0.05) is 31.6 Å². The highest BCUT2D eigenvalue weighted by molar-refractivity contribution is 9.10. The van der Waals surface area contributed by atoms with Gasteiger partial charge in [-0.1, -0.05) is 125 Å². The molecule has 9 aromatic rings. The summed E-state index contributed by atoms with van der Waals surface area (Å²) >= 11 is 3.72. The zero-order valence-corrected chi connectivity index (χ0v) is 24.0. The van der Waals surface area contributed by atoms with Crippen LogP contribution in [0.2, 0.25) is 0 Å². The Hall–Kier alpha value is -5.06. The summed E-state index contributed by atoms with van der Waals surface area (Å²) in [5, 5.41) is 10.5. The molecule has 2 heterocycles. The molecule has 9 rings (SSSR count). The lowest BCUT2D eigenvalue weighted by Gasteiger charge is -2.16. The molecule has 42 heavy (non-hydrogen) atoms. The van der Waals surface area contributed by atoms with Crippen molar-refractivity contribution in [1.29, 1.82) is 0 Å². The Bertz CT molecular complexity index is 2540. The molecule has 4 heteroatoms. The summed E-state index contributed by atoms with van der Waals surface area (Å²) in [5.41, 5.74) is 5.12. The molecule has 2 aromatic heterocycles. The molecule has 0 saturated heterocycles. The van der Waals surface area contributed by atoms with Crippen molar-refractivity contribution in [3.05, 3.63) is 138 Å². The molecule has 0 amide bonds. The molecule has 0 aliphatic heterocycles. The van der Waals surface area contributed by atoms with Crippen LogP contribution in [-0.2, 0) is 0 Å². The molecular weight excluding hydrogens is 578 g/mol. The van der Waals surface area contributed by atoms with Gasteiger partial charge in [0.25, 0.3) is 0 Å². The smallest absolute Gasteiger partial charge is 0.235 e. The van der Waals surface area contributed by atoms with Gasteiger partial charge in [-0.2, -0.15) is 0 Å². The standard InChI is InChI=1S/C38H22BrN3/c39-26-19-20-30-29-13-7-8-16-33(29)42(34(30)22-26)38-40-36(25-18-17-23-9-1-2-10-24(23)21-25)35-31-14-5-3-11-27(31)28-12-4-6-15-32(28)37(35)41-38/h1-22H. The van der Waals surface area contributed by atoms with Gasteiger partial charge in [0.15, 0.2) is 0 Å². The molecule has 0 saturated carbocycles. The van der Waals surface area contributed by atoms with Crippen molar-refractivity contribution < 1.29 is 0 Å². The Balaban J connectivity index is 1.51. The molecule has 196 valence electrons. The van der Waals surface area contributed by atoms with Gasteiger partial charge in [-0.3, -0.25) is 4.57 Å². The van der Waals surface area contributed by atoms with Gasteiger partial charge >= 0.3 is 0 Å². The van der Waals surface area contributed by atoms with Gasteiger partial charge in [-0.25, -0.2) is 9.97 Å². The lowest BCUT2D eigenvalue weighted by molar-refractivity contribution is 1.02. The van der Waals surface area contributed by atoms with Crippen molar-refractivity contribution in [2.75, 3.05) is 0 Å². The Kier molecular flexibility index (Phi) is 5.05. The average Bonchev–Trinajstić information content (AvgIpc) is 3.37. The average molecular weight is 601 g/mol. The second kappa shape index (κ2) is 8.97. The van der Waals surface area contributed by atoms with Crippen LogP contribution in [-0.4, -0.2) is 14.5 Å². The zero-order chi connectivity index (χ0) is 27.8. The fourth-order valence-electron chi connectivity index (χ4n) is 6.56. The molecule has 0 spiro atoms. The van der Waals surface area contributed by atoms with Gasteiger partial charge in [0.1, 0.15) is 0 Å². The third-order valence-corrected chi connectivity index (χ3v) is 8.92. The molecule has 0 radical (unpaired) electrons. The predicted octanol–water partition coefficient (Wildman–Crippen LogP) is 10.6. The molecule has 7 aromatic carbocycles. The Morgan fingerprint density at radius 3 is 1.95 bits per heavy atom. The van der Waals surface area contributed by atoms with E-state index in [-0.39, 0.29) is 0 Å². The predicted molar refractivity (Wildman–Crippen MR) is 180 cm³/mol. The fourth-order valence-corrected chi connectivity index (χ4v) is 6.91. The number of aromatic nitrogens is 3. The highest BCUT2D eigenvalue weighted by Crippen LogP contribution is 2.41. The first-order chi connectivity index (χ1) is 20.7. The maximum atomic E-state index is 5.44. The summed E-state index contributed by atoms with van der Waals surface area (Å²) in [6.45, 7) is 0. The van der Waals surface area contributed by atoms with Gasteiger partial charge in [0.05, 0.1) is 22.2 Å². The highest BCUT2D eigenvalue weighted by atomic mass is 79.9. The van der Waals surface area contributed by atoms with Crippen LogP contribution in [0.15, 0.2) is 138 Å². The number of hydrogen-bond donors (Lipinski definition) is 0. The number of rotatable bonds is 2. The van der Waals surface area contributed by atoms with E-state index in [1.54, 1.807) is 0 Å². The van der Waals surface area contributed by atoms with E-state index in [1.165, 1.54) is 32.3 Å². The van der Waals surface area contributed by atoms with Crippen molar-refractivity contribution in [3.63, 3.8) is 0 Å². The van der Waals surface area contributed by atoms with E-state index in [2.05, 4.69) is 154 Å². The van der Waals surface area contributed by atoms with Crippen LogP contribution >= 0.6 is 15.9 Å². The maximum Gasteiger partial charge on any atom is 0.235 e. The summed E-state index contributed by atoms with van der Waals surface area (Å²) < 4.78 is 3.23. The quantitative estimate of drug-likeness (QED) is 0.185. The van der Waals surface area contributed by atoms with E-state index in [1.807, 2.05) is 0 Å². The number of fused-ring (bicyclic) bond motifs is 10. The van der Waals surface area contributed by atoms with E-state index in [0.29, 0.717) is 5.95 Å². The van der Waals surface area contributed by atoms with E-state index in [0.717, 1.165) is 48.4 Å². The van der Waals surface area contributed by atoms with Crippen LogP contribution in [0.4, 0.5) is 0 Å². The van der Waals surface area contributed by atoms with Crippen molar-refractivity contribution in [2.24, 2.45) is 0 Å². The maximum absolute atomic E-state index is 5.44. The van der Waals surface area contributed by atoms with Crippen LogP contribution in [0.1, 0.15) is 0 Å². The van der Waals surface area contributed by atoms with Gasteiger partial charge in [-0.05, 0) is 51.2 Å². The SMILES string of the molecule is Brc1ccc2c3ccccc3n(-c3nc(-c4ccc5ccccc5c4)c4c5ccccc5c5ccccc5c4n3)c2c1. The zero-order valence-electron chi connectivity index (χ0n) is 22.4. The van der Waals surface area contributed by atoms with Gasteiger partial charge in [-0.15, -0.1) is 0 Å². The number of hydrogen-bond acceptors (Lipinski definition) is 2. The van der Waals surface area contributed by atoms with E-state index >= 15 is 0 Å². The number of benzene rings is 7. The summed E-state index contributed by atoms with van der Waals surface area (Å²) in [7, 11) is 0. The topological polar surface area (TPSA) is 30.7 Å². The first-order valence-corrected chi connectivity index (χ1v) is 14.8. The van der Waals surface area contributed by atoms with Crippen molar-refractivity contribution in [1.82, 2.24) is 14.5 Å². The molecule has 0 unspecified atom stereocenters. The van der Waals surface area contributed by atoms with Gasteiger partial charge < -0.3 is 0 Å². The van der Waals surface area contributed by atoms with E-state index in [4.69, 9.17) is 9.97 Å². The minimum atomic E-state index is 0.662. The van der Waals surface area contributed by atoms with Crippen LogP contribution in [0.5, 0.6) is 0 Å². The monoisotopic (exact) mass is 599 g/mol. The third kappa shape index (κ3) is 3.39. The normalized spacial score (nSPS) is 11.9. The molecular formula is C38H22BrN3. The summed E-state index contributed by atoms with van der Waals surface area (Å²) in [4.78, 5) is 10.9. The second-order valence-corrected chi connectivity index (χ2v) is 11.7. The largest absolute Gasteiger partial charge is 0.278 e. The lowest BCUT2D eigenvalue weighted by Crippen LogP contribution is -2.04. The van der Waals surface area contributed by atoms with E-state index < -0.39 is 0 Å². The molecule has 0 aliphatic carbocycles. The van der Waals surface area contributed by atoms with Crippen LogP contribution in [0.25, 0.3) is 82.2 Å². The lowest BCUT2D eigenvalue weighted by atomic mass is 9.94. The number of nitrogens with zero attached hydrogens (tertiary/aromatic N) is 3. The fraction of sp³-hybridized carbons (Fsp3) is 0. The Labute approximate surface area is 249 Å². The Morgan fingerprint density at radius 2 is 1.12 bits per heavy atom. The number of halogens is 1. The van der Waals surface area contributed by atoms with Crippen LogP contribution < -0.4 is 0 Å². The molecule has 0 bridgehead atoms. The van der Waals surface area contributed by atoms with Crippen LogP contribution in [0, 0.1) is 0 Å². The third-order valence-electron chi connectivity index (χ3n) is 8.42. The summed E-state index contributed by atoms with van der Waals surface area (Å²) in [5.74, 6) is 0.662. The molecule has 0 N–H and O–H groups in total. The van der Waals surface area contributed by atoms with Gasteiger partial charge in [0.2, 0.25) is 5.95 Å². The first-order valence-electron chi connectivity index (χ1n) is 14.0. The molecule has 0 aliphatic rings. The molecule has 0 fully saturated rings. The minimum absolute atomic E-state index is 0.662. The number of para-hydroxylation sites is 1. The summed E-state index contributed by atoms with van der Waals surface area (Å²) in [6.07, 6.45) is 0. The van der Waals surface area contributed by atoms with Crippen molar-refractivity contribution in [2.45, 2.75) is 0 Å². The van der Waals surface area contributed by atoms with Crippen LogP contribution in [0.3, 0.4) is 0 Å². The highest BCUT2D eigenvalue weighted by Gasteiger charge is 2.20. The van der Waals surface area contributed by atoms with E-state index in [9.17, 15) is 0 Å². The summed E-state index contributed by atoms with van der Waals surface area (Å²) in [6, 6.07) is 47.3. The Morgan fingerprint density at radius 1 is 0.476 bits per heavy atom.